The van der Waals surface area contributed by atoms with E-state index in [0.717, 1.165) is 24.9 Å². The van der Waals surface area contributed by atoms with Crippen molar-refractivity contribution in [3.8, 4) is 11.8 Å². The zero-order valence-corrected chi connectivity index (χ0v) is 14.5. The third kappa shape index (κ3) is 3.33. The lowest BCUT2D eigenvalue weighted by atomic mass is 10.1. The maximum Gasteiger partial charge on any atom is 0.255 e. The summed E-state index contributed by atoms with van der Waals surface area (Å²) in [6, 6.07) is 11.3. The second-order valence-corrected chi connectivity index (χ2v) is 6.31. The van der Waals surface area contributed by atoms with Gasteiger partial charge in [-0.2, -0.15) is 0 Å². The topological polar surface area (TPSA) is 69.0 Å². The average molecular weight is 352 g/mol. The Morgan fingerprint density at radius 1 is 1.19 bits per heavy atom. The normalized spacial score (nSPS) is 17.3. The molecule has 4 heterocycles. The van der Waals surface area contributed by atoms with Crippen molar-refractivity contribution < 1.29 is 14.3 Å². The zero-order valence-electron chi connectivity index (χ0n) is 14.5. The predicted octanol–water partition coefficient (Wildman–Crippen LogP) is 2.42. The van der Waals surface area contributed by atoms with Crippen LogP contribution in [0.2, 0.25) is 0 Å². The molecule has 1 unspecified atom stereocenters. The van der Waals surface area contributed by atoms with Crippen LogP contribution in [0.5, 0.6) is 11.8 Å². The number of likely N-dealkylation sites (tertiary alicyclic amines) is 1. The van der Waals surface area contributed by atoms with Crippen molar-refractivity contribution in [2.75, 3.05) is 20.2 Å². The summed E-state index contributed by atoms with van der Waals surface area (Å²) >= 11 is 0. The molecule has 0 aliphatic carbocycles. The molecule has 3 aromatic heterocycles. The largest absolute Gasteiger partial charge is 0.480 e. The van der Waals surface area contributed by atoms with Gasteiger partial charge in [0.2, 0.25) is 11.8 Å². The molecule has 0 radical (unpaired) electrons. The lowest BCUT2D eigenvalue weighted by molar-refractivity contribution is 0.0525. The van der Waals surface area contributed by atoms with Crippen LogP contribution in [0.4, 0.5) is 0 Å². The van der Waals surface area contributed by atoms with E-state index in [1.165, 1.54) is 0 Å². The van der Waals surface area contributed by atoms with Gasteiger partial charge in [0, 0.05) is 36.6 Å². The van der Waals surface area contributed by atoms with Crippen LogP contribution in [0, 0.1) is 0 Å². The van der Waals surface area contributed by atoms with E-state index in [1.807, 2.05) is 46.0 Å². The smallest absolute Gasteiger partial charge is 0.255 e. The monoisotopic (exact) mass is 352 g/mol. The lowest BCUT2D eigenvalue weighted by Gasteiger charge is -2.32. The van der Waals surface area contributed by atoms with E-state index in [0.29, 0.717) is 23.9 Å². The fraction of sp³-hybridized carbons (Fsp3) is 0.316. The number of aromatic nitrogens is 3. The van der Waals surface area contributed by atoms with E-state index < -0.39 is 0 Å². The molecule has 7 nitrogen and oxygen atoms in total. The number of carbonyl (C=O) groups is 1. The van der Waals surface area contributed by atoms with Gasteiger partial charge in [-0.3, -0.25) is 4.79 Å². The molecule has 0 spiro atoms. The van der Waals surface area contributed by atoms with Gasteiger partial charge in [0.25, 0.3) is 5.91 Å². The molecule has 7 heteroatoms. The van der Waals surface area contributed by atoms with Gasteiger partial charge in [0.15, 0.2) is 0 Å². The number of hydrogen-bond acceptors (Lipinski definition) is 5. The van der Waals surface area contributed by atoms with E-state index >= 15 is 0 Å². The third-order valence-corrected chi connectivity index (χ3v) is 4.53. The van der Waals surface area contributed by atoms with Crippen LogP contribution in [0.1, 0.15) is 23.2 Å². The van der Waals surface area contributed by atoms with Gasteiger partial charge in [-0.25, -0.2) is 0 Å². The molecule has 0 N–H and O–H groups in total. The minimum atomic E-state index is -0.0903. The lowest BCUT2D eigenvalue weighted by Crippen LogP contribution is -2.44. The third-order valence-electron chi connectivity index (χ3n) is 4.53. The Morgan fingerprint density at radius 3 is 2.81 bits per heavy atom. The zero-order chi connectivity index (χ0) is 17.9. The van der Waals surface area contributed by atoms with E-state index in [1.54, 1.807) is 19.2 Å². The van der Waals surface area contributed by atoms with Crippen molar-refractivity contribution in [3.05, 3.63) is 54.4 Å². The molecular weight excluding hydrogens is 332 g/mol. The van der Waals surface area contributed by atoms with Crippen molar-refractivity contribution in [1.82, 2.24) is 19.5 Å². The average Bonchev–Trinajstić information content (AvgIpc) is 3.12. The van der Waals surface area contributed by atoms with Crippen LogP contribution >= 0.6 is 0 Å². The van der Waals surface area contributed by atoms with Gasteiger partial charge in [-0.15, -0.1) is 10.2 Å². The Hall–Kier alpha value is -3.09. The summed E-state index contributed by atoms with van der Waals surface area (Å²) in [5.41, 5.74) is 1.70. The predicted molar refractivity (Wildman–Crippen MR) is 95.5 cm³/mol. The second kappa shape index (κ2) is 7.03. The number of pyridine rings is 1. The van der Waals surface area contributed by atoms with Crippen LogP contribution in [0.15, 0.2) is 48.8 Å². The molecule has 1 aliphatic rings. The molecule has 1 fully saturated rings. The highest BCUT2D eigenvalue weighted by molar-refractivity contribution is 5.95. The Morgan fingerprint density at radius 2 is 2.04 bits per heavy atom. The molecule has 134 valence electrons. The van der Waals surface area contributed by atoms with Gasteiger partial charge in [-0.1, -0.05) is 6.07 Å². The first-order valence-corrected chi connectivity index (χ1v) is 8.63. The summed E-state index contributed by atoms with van der Waals surface area (Å²) in [7, 11) is 1.54. The number of carbonyl (C=O) groups excluding carboxylic acids is 1. The number of ether oxygens (including phenoxy) is 2. The molecule has 3 aromatic rings. The van der Waals surface area contributed by atoms with Gasteiger partial charge < -0.3 is 18.8 Å². The molecule has 1 aliphatic heterocycles. The van der Waals surface area contributed by atoms with Crippen LogP contribution in [-0.2, 0) is 0 Å². The van der Waals surface area contributed by atoms with E-state index in [-0.39, 0.29) is 12.0 Å². The first-order chi connectivity index (χ1) is 12.7. The van der Waals surface area contributed by atoms with Crippen LogP contribution in [0.25, 0.3) is 5.52 Å². The summed E-state index contributed by atoms with van der Waals surface area (Å²) in [5.74, 6) is 0.918. The van der Waals surface area contributed by atoms with E-state index in [2.05, 4.69) is 10.2 Å². The summed E-state index contributed by atoms with van der Waals surface area (Å²) < 4.78 is 12.9. The van der Waals surface area contributed by atoms with Crippen LogP contribution in [-0.4, -0.2) is 51.7 Å². The first kappa shape index (κ1) is 16.4. The van der Waals surface area contributed by atoms with Crippen LogP contribution < -0.4 is 9.47 Å². The SMILES string of the molecule is COc1ccc(OC2CCCN(C(=O)c3cc4ccccn4c3)C2)nn1. The molecule has 1 amide bonds. The number of methoxy groups -OCH3 is 1. The highest BCUT2D eigenvalue weighted by atomic mass is 16.5. The highest BCUT2D eigenvalue weighted by Gasteiger charge is 2.26. The molecule has 0 saturated carbocycles. The van der Waals surface area contributed by atoms with E-state index in [4.69, 9.17) is 9.47 Å². The number of piperidine rings is 1. The molecule has 1 saturated heterocycles. The maximum atomic E-state index is 12.9. The molecule has 26 heavy (non-hydrogen) atoms. The van der Waals surface area contributed by atoms with Gasteiger partial charge in [0.1, 0.15) is 6.10 Å². The minimum absolute atomic E-state index is 0.0304. The molecule has 4 rings (SSSR count). The minimum Gasteiger partial charge on any atom is -0.480 e. The maximum absolute atomic E-state index is 12.9. The number of amides is 1. The molecular formula is C19H20N4O3. The van der Waals surface area contributed by atoms with Crippen molar-refractivity contribution in [2.45, 2.75) is 18.9 Å². The molecule has 0 bridgehead atoms. The molecule has 0 aromatic carbocycles. The summed E-state index contributed by atoms with van der Waals surface area (Å²) in [6.45, 7) is 1.28. The standard InChI is InChI=1S/C19H20N4O3/c1-25-17-7-8-18(21-20-17)26-16-6-4-10-23(13-16)19(24)14-11-15-5-2-3-9-22(15)12-14/h2-3,5,7-9,11-12,16H,4,6,10,13H2,1H3. The Labute approximate surface area is 151 Å². The summed E-state index contributed by atoms with van der Waals surface area (Å²) in [4.78, 5) is 14.7. The van der Waals surface area contributed by atoms with Gasteiger partial charge in [0.05, 0.1) is 19.2 Å². The number of rotatable bonds is 4. The van der Waals surface area contributed by atoms with Crippen molar-refractivity contribution in [1.29, 1.82) is 0 Å². The fourth-order valence-corrected chi connectivity index (χ4v) is 3.22. The fourth-order valence-electron chi connectivity index (χ4n) is 3.22. The van der Waals surface area contributed by atoms with Crippen molar-refractivity contribution in [2.24, 2.45) is 0 Å². The van der Waals surface area contributed by atoms with Crippen molar-refractivity contribution >= 4 is 11.4 Å². The van der Waals surface area contributed by atoms with Crippen molar-refractivity contribution in [3.63, 3.8) is 0 Å². The number of nitrogens with zero attached hydrogens (tertiary/aromatic N) is 4. The first-order valence-electron chi connectivity index (χ1n) is 8.63. The summed E-state index contributed by atoms with van der Waals surface area (Å²) in [5, 5.41) is 7.90. The Balaban J connectivity index is 1.44. The quantitative estimate of drug-likeness (QED) is 0.721. The van der Waals surface area contributed by atoms with E-state index in [9.17, 15) is 4.79 Å². The summed E-state index contributed by atoms with van der Waals surface area (Å²) in [6.07, 6.45) is 5.50. The number of hydrogen-bond donors (Lipinski definition) is 0. The second-order valence-electron chi connectivity index (χ2n) is 6.31. The van der Waals surface area contributed by atoms with Gasteiger partial charge >= 0.3 is 0 Å². The van der Waals surface area contributed by atoms with Gasteiger partial charge in [-0.05, 0) is 31.0 Å². The molecule has 1 atom stereocenters. The Kier molecular flexibility index (Phi) is 4.43. The van der Waals surface area contributed by atoms with Crippen LogP contribution in [0.3, 0.4) is 0 Å². The number of fused-ring (bicyclic) bond motifs is 1. The highest BCUT2D eigenvalue weighted by Crippen LogP contribution is 2.20. The Bertz CT molecular complexity index is 874.